The van der Waals surface area contributed by atoms with Gasteiger partial charge in [0.2, 0.25) is 0 Å². The van der Waals surface area contributed by atoms with Crippen molar-refractivity contribution in [1.82, 2.24) is 4.90 Å². The molecular formula is C21H23NO3. The van der Waals surface area contributed by atoms with Crippen LogP contribution < -0.4 is 0 Å². The van der Waals surface area contributed by atoms with Gasteiger partial charge < -0.3 is 9.47 Å². The minimum absolute atomic E-state index is 0.295. The Morgan fingerprint density at radius 1 is 1.04 bits per heavy atom. The summed E-state index contributed by atoms with van der Waals surface area (Å²) < 4.78 is 11.1. The molecule has 0 spiro atoms. The average molecular weight is 337 g/mol. The first-order valence-corrected chi connectivity index (χ1v) is 8.60. The predicted octanol–water partition coefficient (Wildman–Crippen LogP) is 3.26. The predicted molar refractivity (Wildman–Crippen MR) is 98.4 cm³/mol. The molecule has 4 nitrogen and oxygen atoms in total. The summed E-state index contributed by atoms with van der Waals surface area (Å²) in [5.41, 5.74) is 1.66. The van der Waals surface area contributed by atoms with Gasteiger partial charge in [0.05, 0.1) is 18.8 Å². The number of benzene rings is 2. The van der Waals surface area contributed by atoms with Crippen LogP contribution in [0, 0.1) is 0 Å². The molecule has 2 aromatic carbocycles. The normalized spacial score (nSPS) is 16.6. The number of morpholine rings is 1. The van der Waals surface area contributed by atoms with Crippen LogP contribution in [0.4, 0.5) is 0 Å². The minimum atomic E-state index is -0.300. The Bertz CT molecular complexity index is 679. The molecule has 130 valence electrons. The van der Waals surface area contributed by atoms with Crippen molar-refractivity contribution in [2.45, 2.75) is 6.10 Å². The molecule has 0 saturated carbocycles. The highest BCUT2D eigenvalue weighted by atomic mass is 16.5. The number of esters is 1. The second-order valence-electron chi connectivity index (χ2n) is 5.99. The van der Waals surface area contributed by atoms with Crippen molar-refractivity contribution in [2.75, 3.05) is 32.8 Å². The van der Waals surface area contributed by atoms with Crippen LogP contribution in [-0.2, 0) is 9.47 Å². The summed E-state index contributed by atoms with van der Waals surface area (Å²) in [7, 11) is 0. The maximum Gasteiger partial charge on any atom is 0.338 e. The summed E-state index contributed by atoms with van der Waals surface area (Å²) in [4.78, 5) is 14.7. The number of carbonyl (C=O) groups is 1. The molecule has 0 aliphatic carbocycles. The SMILES string of the molecule is O=C(OC(/C=C/c1ccccc1)CN1CCOCC1)c1ccccc1. The molecule has 0 amide bonds. The quantitative estimate of drug-likeness (QED) is 0.759. The molecule has 25 heavy (non-hydrogen) atoms. The summed E-state index contributed by atoms with van der Waals surface area (Å²) in [5.74, 6) is -0.295. The standard InChI is InChI=1S/C21H23NO3/c23-21(19-9-5-2-6-10-19)25-20(17-22-13-15-24-16-14-22)12-11-18-7-3-1-4-8-18/h1-12,20H,13-17H2/b12-11+. The van der Waals surface area contributed by atoms with E-state index in [1.807, 2.05) is 60.7 Å². The zero-order chi connectivity index (χ0) is 17.3. The van der Waals surface area contributed by atoms with E-state index in [1.165, 1.54) is 0 Å². The Morgan fingerprint density at radius 2 is 1.68 bits per heavy atom. The van der Waals surface area contributed by atoms with Gasteiger partial charge in [0.1, 0.15) is 6.10 Å². The van der Waals surface area contributed by atoms with E-state index >= 15 is 0 Å². The van der Waals surface area contributed by atoms with E-state index in [1.54, 1.807) is 12.1 Å². The number of nitrogens with zero attached hydrogens (tertiary/aromatic N) is 1. The number of carbonyl (C=O) groups excluding carboxylic acids is 1. The van der Waals surface area contributed by atoms with E-state index in [4.69, 9.17) is 9.47 Å². The molecule has 1 unspecified atom stereocenters. The van der Waals surface area contributed by atoms with Crippen LogP contribution in [0.3, 0.4) is 0 Å². The van der Waals surface area contributed by atoms with Crippen molar-refractivity contribution >= 4 is 12.0 Å². The van der Waals surface area contributed by atoms with Crippen LogP contribution in [0.5, 0.6) is 0 Å². The van der Waals surface area contributed by atoms with Crippen LogP contribution in [0.15, 0.2) is 66.7 Å². The number of hydrogen-bond donors (Lipinski definition) is 0. The Labute approximate surface area is 148 Å². The van der Waals surface area contributed by atoms with Gasteiger partial charge in [-0.3, -0.25) is 4.90 Å². The first-order chi connectivity index (χ1) is 12.3. The first-order valence-electron chi connectivity index (χ1n) is 8.60. The molecule has 4 heteroatoms. The van der Waals surface area contributed by atoms with Gasteiger partial charge in [-0.15, -0.1) is 0 Å². The van der Waals surface area contributed by atoms with Crippen LogP contribution in [0.25, 0.3) is 6.08 Å². The molecule has 1 saturated heterocycles. The van der Waals surface area contributed by atoms with Gasteiger partial charge in [-0.25, -0.2) is 4.79 Å². The maximum atomic E-state index is 12.4. The van der Waals surface area contributed by atoms with Crippen molar-refractivity contribution in [1.29, 1.82) is 0 Å². The topological polar surface area (TPSA) is 38.8 Å². The molecule has 0 N–H and O–H groups in total. The summed E-state index contributed by atoms with van der Waals surface area (Å²) in [6, 6.07) is 19.1. The van der Waals surface area contributed by atoms with Crippen molar-refractivity contribution in [3.63, 3.8) is 0 Å². The number of rotatable bonds is 6. The van der Waals surface area contributed by atoms with Gasteiger partial charge in [-0.05, 0) is 23.8 Å². The summed E-state index contributed by atoms with van der Waals surface area (Å²) in [6.45, 7) is 3.84. The van der Waals surface area contributed by atoms with Gasteiger partial charge in [-0.1, -0.05) is 54.6 Å². The molecule has 0 aromatic heterocycles. The van der Waals surface area contributed by atoms with E-state index < -0.39 is 0 Å². The fraction of sp³-hybridized carbons (Fsp3) is 0.286. The highest BCUT2D eigenvalue weighted by molar-refractivity contribution is 5.89. The third kappa shape index (κ3) is 5.55. The lowest BCUT2D eigenvalue weighted by Gasteiger charge is -2.29. The van der Waals surface area contributed by atoms with E-state index in [9.17, 15) is 4.79 Å². The maximum absolute atomic E-state index is 12.4. The molecule has 1 aliphatic rings. The lowest BCUT2D eigenvalue weighted by molar-refractivity contribution is 0.00649. The Hall–Kier alpha value is -2.43. The van der Waals surface area contributed by atoms with Gasteiger partial charge in [0.25, 0.3) is 0 Å². The third-order valence-corrected chi connectivity index (χ3v) is 4.11. The molecule has 1 heterocycles. The monoisotopic (exact) mass is 337 g/mol. The molecular weight excluding hydrogens is 314 g/mol. The Morgan fingerprint density at radius 3 is 2.36 bits per heavy atom. The Balaban J connectivity index is 1.69. The highest BCUT2D eigenvalue weighted by Crippen LogP contribution is 2.10. The second-order valence-corrected chi connectivity index (χ2v) is 5.99. The van der Waals surface area contributed by atoms with Crippen molar-refractivity contribution < 1.29 is 14.3 Å². The zero-order valence-electron chi connectivity index (χ0n) is 14.2. The van der Waals surface area contributed by atoms with Crippen molar-refractivity contribution in [3.8, 4) is 0 Å². The van der Waals surface area contributed by atoms with Gasteiger partial charge in [-0.2, -0.15) is 0 Å². The third-order valence-electron chi connectivity index (χ3n) is 4.11. The van der Waals surface area contributed by atoms with E-state index in [-0.39, 0.29) is 12.1 Å². The molecule has 1 aliphatic heterocycles. The van der Waals surface area contributed by atoms with E-state index in [2.05, 4.69) is 4.90 Å². The zero-order valence-corrected chi connectivity index (χ0v) is 14.2. The van der Waals surface area contributed by atoms with Crippen molar-refractivity contribution in [2.24, 2.45) is 0 Å². The molecule has 0 bridgehead atoms. The van der Waals surface area contributed by atoms with Crippen LogP contribution >= 0.6 is 0 Å². The molecule has 2 aromatic rings. The lowest BCUT2D eigenvalue weighted by atomic mass is 10.1. The molecule has 3 rings (SSSR count). The van der Waals surface area contributed by atoms with Crippen LogP contribution in [0.1, 0.15) is 15.9 Å². The highest BCUT2D eigenvalue weighted by Gasteiger charge is 2.19. The fourth-order valence-corrected chi connectivity index (χ4v) is 2.74. The molecule has 1 fully saturated rings. The number of hydrogen-bond acceptors (Lipinski definition) is 4. The van der Waals surface area contributed by atoms with Crippen LogP contribution in [0.2, 0.25) is 0 Å². The smallest absolute Gasteiger partial charge is 0.338 e. The van der Waals surface area contributed by atoms with E-state index in [0.29, 0.717) is 12.1 Å². The summed E-state index contributed by atoms with van der Waals surface area (Å²) >= 11 is 0. The largest absolute Gasteiger partial charge is 0.453 e. The van der Waals surface area contributed by atoms with Crippen LogP contribution in [-0.4, -0.2) is 49.8 Å². The molecule has 1 atom stereocenters. The fourth-order valence-electron chi connectivity index (χ4n) is 2.74. The van der Waals surface area contributed by atoms with Gasteiger partial charge >= 0.3 is 5.97 Å². The average Bonchev–Trinajstić information content (AvgIpc) is 2.68. The molecule has 0 radical (unpaired) electrons. The van der Waals surface area contributed by atoms with Gasteiger partial charge in [0.15, 0.2) is 0 Å². The van der Waals surface area contributed by atoms with Gasteiger partial charge in [0, 0.05) is 19.6 Å². The van der Waals surface area contributed by atoms with Crippen molar-refractivity contribution in [3.05, 3.63) is 77.9 Å². The summed E-state index contributed by atoms with van der Waals surface area (Å²) in [5, 5.41) is 0. The van der Waals surface area contributed by atoms with E-state index in [0.717, 1.165) is 31.9 Å². The Kier molecular flexibility index (Phi) is 6.37. The first kappa shape index (κ1) is 17.4. The minimum Gasteiger partial charge on any atom is -0.453 e. The second kappa shape index (κ2) is 9.16. The lowest BCUT2D eigenvalue weighted by Crippen LogP contribution is -2.41. The summed E-state index contributed by atoms with van der Waals surface area (Å²) in [6.07, 6.45) is 3.67. The number of ether oxygens (including phenoxy) is 2.